The van der Waals surface area contributed by atoms with Crippen molar-refractivity contribution in [2.75, 3.05) is 0 Å². The van der Waals surface area contributed by atoms with E-state index in [0.29, 0.717) is 11.8 Å². The van der Waals surface area contributed by atoms with Gasteiger partial charge in [0.2, 0.25) is 0 Å². The van der Waals surface area contributed by atoms with Crippen molar-refractivity contribution in [2.45, 2.75) is 103 Å². The molecule has 2 aliphatic carbocycles. The Morgan fingerprint density at radius 2 is 0.960 bits per heavy atom. The van der Waals surface area contributed by atoms with E-state index in [1.54, 1.807) is 0 Å². The maximum atomic E-state index is 8.88. The monoisotopic (exact) mass is 887 g/mol. The van der Waals surface area contributed by atoms with Crippen LogP contribution >= 0.6 is 17.2 Å². The van der Waals surface area contributed by atoms with Crippen molar-refractivity contribution in [3.05, 3.63) is 127 Å². The predicted molar refractivity (Wildman–Crippen MR) is 223 cm³/mol. The van der Waals surface area contributed by atoms with Gasteiger partial charge in [0.15, 0.2) is 0 Å². The molecule has 2 unspecified atom stereocenters. The summed E-state index contributed by atoms with van der Waals surface area (Å²) in [6.07, 6.45) is 7.12. The molecule has 0 saturated heterocycles. The fourth-order valence-corrected chi connectivity index (χ4v) is 53.9. The fraction of sp³-hybridized carbons (Fsp3) is 0.391. The van der Waals surface area contributed by atoms with E-state index >= 15 is 0 Å². The van der Waals surface area contributed by atoms with Crippen LogP contribution in [0, 0.1) is 53.4 Å². The zero-order chi connectivity index (χ0) is 36.5. The van der Waals surface area contributed by atoms with Gasteiger partial charge in [-0.25, -0.2) is 0 Å². The molecular weight excluding hydrogens is 830 g/mol. The standard InChI is InChI=1S/2C22H25.C2H7Si.2ClH.Hf/c2*1-14(2)9-18-12-19-7-6-8-20(22(19)13-18)21-11-15(3)10-16(4)17(21)5;1-3-2;;;/h2*6-8,10-14H,9H2,1-5H3;3H,1-2H3;2*1H;/q;;;;;+2/p-2. The third-order valence-corrected chi connectivity index (χ3v) is 84.8. The average Bonchev–Trinajstić information content (AvgIpc) is 3.58. The third kappa shape index (κ3) is 6.27. The van der Waals surface area contributed by atoms with Gasteiger partial charge in [0.25, 0.3) is 0 Å². The molecule has 0 saturated carbocycles. The minimum absolute atomic E-state index is 0.101. The summed E-state index contributed by atoms with van der Waals surface area (Å²) < 4.78 is 0.201. The van der Waals surface area contributed by atoms with Crippen LogP contribution in [-0.2, 0) is 15.3 Å². The molecule has 0 heterocycles. The van der Waals surface area contributed by atoms with E-state index in [-0.39, 0.29) is 7.35 Å². The summed E-state index contributed by atoms with van der Waals surface area (Å²) in [6.45, 7) is 27.8. The number of hydrogen-bond acceptors (Lipinski definition) is 0. The Bertz CT molecular complexity index is 1920. The van der Waals surface area contributed by atoms with E-state index in [4.69, 9.17) is 17.2 Å². The maximum absolute atomic E-state index is 8.88. The molecule has 0 fully saturated rings. The number of hydrogen-bond donors (Lipinski definition) is 0. The van der Waals surface area contributed by atoms with Crippen molar-refractivity contribution in [3.8, 4) is 22.3 Å². The molecule has 0 radical (unpaired) electrons. The first kappa shape index (κ1) is 37.8. The van der Waals surface area contributed by atoms with Crippen LogP contribution in [0.4, 0.5) is 0 Å². The second kappa shape index (κ2) is 13.8. The topological polar surface area (TPSA) is 0 Å². The number of allylic oxidation sites excluding steroid dienone is 2. The fourth-order valence-electron chi connectivity index (χ4n) is 9.47. The Hall–Kier alpha value is -1.97. The summed E-state index contributed by atoms with van der Waals surface area (Å²) in [5.41, 5.74) is 21.8. The van der Waals surface area contributed by atoms with Crippen LogP contribution in [0.25, 0.3) is 34.4 Å². The molecule has 50 heavy (non-hydrogen) atoms. The zero-order valence-electron chi connectivity index (χ0n) is 32.5. The Labute approximate surface area is 312 Å². The Kier molecular flexibility index (Phi) is 10.4. The zero-order valence-corrected chi connectivity index (χ0v) is 38.7. The molecule has 6 rings (SSSR count). The molecular formula is C46H57Cl2HfSi. The molecule has 263 valence electrons. The van der Waals surface area contributed by atoms with E-state index in [2.05, 4.69) is 155 Å². The van der Waals surface area contributed by atoms with Gasteiger partial charge in [-0.3, -0.25) is 0 Å². The van der Waals surface area contributed by atoms with Crippen LogP contribution in [0.1, 0.15) is 104 Å². The molecule has 0 N–H and O–H groups in total. The van der Waals surface area contributed by atoms with Crippen LogP contribution in [0.2, 0.25) is 13.1 Å². The van der Waals surface area contributed by atoms with Gasteiger partial charge in [-0.2, -0.15) is 0 Å². The molecule has 4 aromatic carbocycles. The Morgan fingerprint density at radius 1 is 0.580 bits per heavy atom. The number of fused-ring (bicyclic) bond motifs is 2. The van der Waals surface area contributed by atoms with Gasteiger partial charge in [-0.1, -0.05) is 0 Å². The van der Waals surface area contributed by atoms with Gasteiger partial charge in [-0.05, 0) is 0 Å². The van der Waals surface area contributed by atoms with E-state index in [9.17, 15) is 0 Å². The van der Waals surface area contributed by atoms with E-state index in [1.807, 2.05) is 0 Å². The van der Waals surface area contributed by atoms with Crippen LogP contribution in [-0.4, -0.2) is 5.98 Å². The Morgan fingerprint density at radius 3 is 1.30 bits per heavy atom. The summed E-state index contributed by atoms with van der Waals surface area (Å²) in [5.74, 6) is -0.654. The number of halogens is 2. The van der Waals surface area contributed by atoms with Crippen molar-refractivity contribution in [1.82, 2.24) is 0 Å². The first-order valence-corrected chi connectivity index (χ1v) is 41.0. The minimum atomic E-state index is -5.10. The van der Waals surface area contributed by atoms with Crippen LogP contribution < -0.4 is 0 Å². The average molecular weight is 887 g/mol. The summed E-state index contributed by atoms with van der Waals surface area (Å²) in [6, 6.07) is 23.4. The van der Waals surface area contributed by atoms with Crippen LogP contribution in [0.5, 0.6) is 0 Å². The molecule has 4 aromatic rings. The van der Waals surface area contributed by atoms with Crippen LogP contribution in [0.3, 0.4) is 0 Å². The molecule has 0 amide bonds. The predicted octanol–water partition coefficient (Wildman–Crippen LogP) is 14.5. The van der Waals surface area contributed by atoms with Gasteiger partial charge in [0.05, 0.1) is 0 Å². The first-order valence-electron chi connectivity index (χ1n) is 18.8. The summed E-state index contributed by atoms with van der Waals surface area (Å²) in [5, 5.41) is 0. The molecule has 2 aliphatic rings. The van der Waals surface area contributed by atoms with Gasteiger partial charge >= 0.3 is 315 Å². The van der Waals surface area contributed by atoms with Gasteiger partial charge in [-0.15, -0.1) is 0 Å². The van der Waals surface area contributed by atoms with Crippen molar-refractivity contribution in [3.63, 3.8) is 0 Å². The SMILES string of the molecule is Cc1cc(C)c(C)c(-c2cccc3c2C=C(CC(C)C)[CH]3[Hf]([Cl])([Cl])([CH]2C(CC(C)C)=Cc3c(-c4cc(C)cc(C)c4C)cccc32)[SiH](C)C)c1. The van der Waals surface area contributed by atoms with Gasteiger partial charge < -0.3 is 0 Å². The summed E-state index contributed by atoms with van der Waals surface area (Å²) >= 11 is -5.10. The molecule has 0 spiro atoms. The number of aryl methyl sites for hydroxylation is 4. The van der Waals surface area contributed by atoms with Crippen molar-refractivity contribution < 1.29 is 15.3 Å². The Balaban J connectivity index is 1.65. The summed E-state index contributed by atoms with van der Waals surface area (Å²) in [4.78, 5) is 0. The van der Waals surface area contributed by atoms with Crippen molar-refractivity contribution in [2.24, 2.45) is 11.8 Å². The molecule has 2 atom stereocenters. The molecule has 0 bridgehead atoms. The van der Waals surface area contributed by atoms with E-state index < -0.39 is 21.3 Å². The quantitative estimate of drug-likeness (QED) is 0.147. The molecule has 0 aromatic heterocycles. The van der Waals surface area contributed by atoms with Crippen molar-refractivity contribution in [1.29, 1.82) is 0 Å². The molecule has 0 nitrogen and oxygen atoms in total. The summed E-state index contributed by atoms with van der Waals surface area (Å²) in [7, 11) is 17.8. The second-order valence-electron chi connectivity index (χ2n) is 17.0. The first-order chi connectivity index (χ1) is 23.4. The second-order valence-corrected chi connectivity index (χ2v) is 76.3. The number of benzene rings is 4. The van der Waals surface area contributed by atoms with Crippen LogP contribution in [0.15, 0.2) is 71.8 Å². The molecule has 4 heteroatoms. The van der Waals surface area contributed by atoms with Gasteiger partial charge in [0.1, 0.15) is 0 Å². The van der Waals surface area contributed by atoms with Crippen molar-refractivity contribution >= 4 is 35.3 Å². The van der Waals surface area contributed by atoms with E-state index in [0.717, 1.165) is 12.8 Å². The number of rotatable bonds is 9. The van der Waals surface area contributed by atoms with E-state index in [1.165, 1.54) is 89.0 Å². The normalized spacial score (nSPS) is 18.0. The molecule has 0 aliphatic heterocycles. The van der Waals surface area contributed by atoms with Gasteiger partial charge in [0, 0.05) is 0 Å². The third-order valence-electron chi connectivity index (χ3n) is 12.0.